The maximum Gasteiger partial charge on any atom is 0.290 e. The van der Waals surface area contributed by atoms with Crippen molar-refractivity contribution >= 4 is 5.69 Å². The normalized spacial score (nSPS) is 10.7. The van der Waals surface area contributed by atoms with Gasteiger partial charge in [-0.2, -0.15) is 0 Å². The molecule has 0 radical (unpaired) electrons. The molecule has 0 amide bonds. The molecular formula is C16H14FN3O. The highest BCUT2D eigenvalue weighted by atomic mass is 19.1. The quantitative estimate of drug-likeness (QED) is 0.776. The number of aromatic nitrogens is 2. The minimum absolute atomic E-state index is 0.184. The molecule has 0 aliphatic rings. The summed E-state index contributed by atoms with van der Waals surface area (Å²) in [6.07, 6.45) is 0. The molecular weight excluding hydrogens is 269 g/mol. The molecule has 21 heavy (non-hydrogen) atoms. The Kier molecular flexibility index (Phi) is 3.31. The average molecular weight is 283 g/mol. The third-order valence-electron chi connectivity index (χ3n) is 3.31. The zero-order valence-electron chi connectivity index (χ0n) is 11.2. The summed E-state index contributed by atoms with van der Waals surface area (Å²) in [5.74, 6) is -0.304. The molecule has 0 saturated carbocycles. The lowest BCUT2D eigenvalue weighted by atomic mass is 10.1. The molecule has 3 N–H and O–H groups in total. The van der Waals surface area contributed by atoms with Crippen molar-refractivity contribution in [3.05, 3.63) is 76.3 Å². The summed E-state index contributed by atoms with van der Waals surface area (Å²) in [5, 5.41) is 3.01. The van der Waals surface area contributed by atoms with E-state index in [0.29, 0.717) is 12.2 Å². The Bertz CT molecular complexity index is 804. The van der Waals surface area contributed by atoms with Gasteiger partial charge in [-0.15, -0.1) is 0 Å². The van der Waals surface area contributed by atoms with E-state index < -0.39 is 0 Å². The molecule has 2 aromatic carbocycles. The molecule has 0 saturated heterocycles. The van der Waals surface area contributed by atoms with E-state index in [-0.39, 0.29) is 17.1 Å². The molecule has 0 unspecified atom stereocenters. The summed E-state index contributed by atoms with van der Waals surface area (Å²) < 4.78 is 14.3. The van der Waals surface area contributed by atoms with Crippen LogP contribution in [0.5, 0.6) is 0 Å². The number of anilines is 1. The molecule has 0 fully saturated rings. The number of rotatable bonds is 3. The minimum atomic E-state index is -0.304. The predicted molar refractivity (Wildman–Crippen MR) is 80.4 cm³/mol. The van der Waals surface area contributed by atoms with Gasteiger partial charge >= 0.3 is 0 Å². The number of nitrogens with one attached hydrogen (secondary N) is 1. The summed E-state index contributed by atoms with van der Waals surface area (Å²) in [6, 6.07) is 15.4. The van der Waals surface area contributed by atoms with Gasteiger partial charge < -0.3 is 5.73 Å². The van der Waals surface area contributed by atoms with E-state index in [9.17, 15) is 9.18 Å². The largest absolute Gasteiger partial charge is 0.392 e. The molecule has 0 bridgehead atoms. The van der Waals surface area contributed by atoms with Crippen LogP contribution in [0.3, 0.4) is 0 Å². The maximum atomic E-state index is 12.9. The molecule has 0 atom stereocenters. The van der Waals surface area contributed by atoms with E-state index in [1.54, 1.807) is 12.1 Å². The average Bonchev–Trinajstić information content (AvgIpc) is 2.79. The molecule has 0 aliphatic carbocycles. The lowest BCUT2D eigenvalue weighted by Gasteiger charge is -2.02. The first-order valence-corrected chi connectivity index (χ1v) is 6.53. The Labute approximate surface area is 120 Å². The number of aromatic amines is 1. The van der Waals surface area contributed by atoms with Gasteiger partial charge in [0.2, 0.25) is 0 Å². The molecule has 5 heteroatoms. The van der Waals surface area contributed by atoms with Crippen LogP contribution in [0.15, 0.2) is 59.4 Å². The summed E-state index contributed by atoms with van der Waals surface area (Å²) in [7, 11) is 0. The number of H-pyrrole nitrogens is 1. The second-order valence-corrected chi connectivity index (χ2v) is 4.78. The van der Waals surface area contributed by atoms with Crippen LogP contribution in [-0.2, 0) is 6.54 Å². The van der Waals surface area contributed by atoms with Crippen LogP contribution >= 0.6 is 0 Å². The van der Waals surface area contributed by atoms with Gasteiger partial charge in [-0.3, -0.25) is 9.89 Å². The number of hydrogen-bond acceptors (Lipinski definition) is 2. The Morgan fingerprint density at radius 2 is 1.71 bits per heavy atom. The molecule has 0 spiro atoms. The van der Waals surface area contributed by atoms with E-state index in [0.717, 1.165) is 11.1 Å². The smallest absolute Gasteiger partial charge is 0.290 e. The van der Waals surface area contributed by atoms with Crippen molar-refractivity contribution in [3.8, 4) is 11.3 Å². The fraction of sp³-hybridized carbons (Fsp3) is 0.0625. The third kappa shape index (κ3) is 2.58. The Hall–Kier alpha value is -2.82. The number of nitrogens with two attached hydrogens (primary N) is 1. The number of halogens is 1. The standard InChI is InChI=1S/C16H14FN3O/c17-13-8-6-11(7-9-13)10-20-16(21)14(18)15(19-20)12-4-2-1-3-5-12/h1-9,19H,10,18H2. The van der Waals surface area contributed by atoms with E-state index in [1.807, 2.05) is 30.3 Å². The highest BCUT2D eigenvalue weighted by Gasteiger charge is 2.12. The first-order valence-electron chi connectivity index (χ1n) is 6.53. The van der Waals surface area contributed by atoms with Crippen molar-refractivity contribution in [1.82, 2.24) is 9.78 Å². The molecule has 3 rings (SSSR count). The zero-order chi connectivity index (χ0) is 14.8. The summed E-state index contributed by atoms with van der Waals surface area (Å²) >= 11 is 0. The van der Waals surface area contributed by atoms with Crippen LogP contribution in [-0.4, -0.2) is 9.78 Å². The molecule has 4 nitrogen and oxygen atoms in total. The second-order valence-electron chi connectivity index (χ2n) is 4.78. The molecule has 1 heterocycles. The summed E-state index contributed by atoms with van der Waals surface area (Å²) in [4.78, 5) is 12.2. The number of benzene rings is 2. The summed E-state index contributed by atoms with van der Waals surface area (Å²) in [6.45, 7) is 0.316. The lowest BCUT2D eigenvalue weighted by molar-refractivity contribution is 0.623. The molecule has 3 aromatic rings. The van der Waals surface area contributed by atoms with Gasteiger partial charge in [0.1, 0.15) is 11.5 Å². The molecule has 106 valence electrons. The van der Waals surface area contributed by atoms with Gasteiger partial charge in [0.05, 0.1) is 12.2 Å². The van der Waals surface area contributed by atoms with E-state index in [1.165, 1.54) is 16.8 Å². The topological polar surface area (TPSA) is 63.8 Å². The van der Waals surface area contributed by atoms with Crippen molar-refractivity contribution in [1.29, 1.82) is 0 Å². The second kappa shape index (κ2) is 5.28. The summed E-state index contributed by atoms with van der Waals surface area (Å²) in [5.41, 5.74) is 8.06. The Balaban J connectivity index is 1.98. The Morgan fingerprint density at radius 1 is 1.05 bits per heavy atom. The number of nitrogen functional groups attached to an aromatic ring is 1. The minimum Gasteiger partial charge on any atom is -0.392 e. The van der Waals surface area contributed by atoms with Crippen LogP contribution < -0.4 is 11.3 Å². The first-order chi connectivity index (χ1) is 10.1. The monoisotopic (exact) mass is 283 g/mol. The maximum absolute atomic E-state index is 12.9. The predicted octanol–water partition coefficient (Wildman–Crippen LogP) is 2.61. The van der Waals surface area contributed by atoms with Crippen LogP contribution in [0.2, 0.25) is 0 Å². The fourth-order valence-electron chi connectivity index (χ4n) is 2.21. The van der Waals surface area contributed by atoms with E-state index >= 15 is 0 Å². The Morgan fingerprint density at radius 3 is 2.38 bits per heavy atom. The van der Waals surface area contributed by atoms with Gasteiger partial charge in [-0.25, -0.2) is 9.07 Å². The van der Waals surface area contributed by atoms with E-state index in [4.69, 9.17) is 5.73 Å². The van der Waals surface area contributed by atoms with Crippen LogP contribution in [0.4, 0.5) is 10.1 Å². The highest BCUT2D eigenvalue weighted by Crippen LogP contribution is 2.20. The van der Waals surface area contributed by atoms with Gasteiger partial charge in [-0.05, 0) is 17.7 Å². The van der Waals surface area contributed by atoms with Crippen LogP contribution in [0.25, 0.3) is 11.3 Å². The first kappa shape index (κ1) is 13.2. The number of nitrogens with zero attached hydrogens (tertiary/aromatic N) is 1. The lowest BCUT2D eigenvalue weighted by Crippen LogP contribution is -2.19. The molecule has 0 aliphatic heterocycles. The van der Waals surface area contributed by atoms with Crippen molar-refractivity contribution in [2.45, 2.75) is 6.54 Å². The van der Waals surface area contributed by atoms with Gasteiger partial charge in [0.25, 0.3) is 5.56 Å². The van der Waals surface area contributed by atoms with Crippen molar-refractivity contribution in [2.24, 2.45) is 0 Å². The van der Waals surface area contributed by atoms with Crippen LogP contribution in [0, 0.1) is 5.82 Å². The van der Waals surface area contributed by atoms with Crippen molar-refractivity contribution < 1.29 is 4.39 Å². The van der Waals surface area contributed by atoms with E-state index in [2.05, 4.69) is 5.10 Å². The third-order valence-corrected chi connectivity index (χ3v) is 3.31. The highest BCUT2D eigenvalue weighted by molar-refractivity contribution is 5.71. The zero-order valence-corrected chi connectivity index (χ0v) is 11.2. The van der Waals surface area contributed by atoms with Crippen LogP contribution in [0.1, 0.15) is 5.56 Å². The molecule has 1 aromatic heterocycles. The van der Waals surface area contributed by atoms with Crippen molar-refractivity contribution in [2.75, 3.05) is 5.73 Å². The van der Waals surface area contributed by atoms with Gasteiger partial charge in [0, 0.05) is 5.56 Å². The van der Waals surface area contributed by atoms with Gasteiger partial charge in [-0.1, -0.05) is 42.5 Å². The number of hydrogen-bond donors (Lipinski definition) is 2. The SMILES string of the molecule is Nc1c(-c2ccccc2)[nH]n(Cc2ccc(F)cc2)c1=O. The van der Waals surface area contributed by atoms with Gasteiger partial charge in [0.15, 0.2) is 0 Å². The van der Waals surface area contributed by atoms with Crippen molar-refractivity contribution in [3.63, 3.8) is 0 Å². The fourth-order valence-corrected chi connectivity index (χ4v) is 2.21.